The fourth-order valence-corrected chi connectivity index (χ4v) is 3.80. The molecule has 0 saturated carbocycles. The van der Waals surface area contributed by atoms with E-state index in [2.05, 4.69) is 48.7 Å². The minimum absolute atomic E-state index is 0.0301. The number of likely N-dealkylation sites (tertiary alicyclic amines) is 1. The van der Waals surface area contributed by atoms with Crippen LogP contribution >= 0.6 is 0 Å². The van der Waals surface area contributed by atoms with E-state index in [4.69, 9.17) is 0 Å². The molecule has 1 atom stereocenters. The van der Waals surface area contributed by atoms with Crippen LogP contribution in [0, 0.1) is 13.8 Å². The van der Waals surface area contributed by atoms with Crippen LogP contribution in [-0.2, 0) is 7.05 Å². The number of amides is 1. The summed E-state index contributed by atoms with van der Waals surface area (Å²) in [6.07, 6.45) is 3.89. The van der Waals surface area contributed by atoms with Crippen LogP contribution in [0.1, 0.15) is 47.8 Å². The first-order valence-corrected chi connectivity index (χ1v) is 9.07. The molecule has 1 fully saturated rings. The second kappa shape index (κ2) is 6.98. The number of carbonyl (C=O) groups excluding carboxylic acids is 1. The summed E-state index contributed by atoms with van der Waals surface area (Å²) in [7, 11) is 2.07. The van der Waals surface area contributed by atoms with E-state index in [9.17, 15) is 4.79 Å². The standard InChI is InChI=1S/C20H29N3O/c1-14-7-5-6-11-23(14)12-10-21-20(24)17-8-9-19-18(13-17)15(2)16(3)22(19)4/h8-9,13-14H,5-7,10-12H2,1-4H3,(H,21,24). The average Bonchev–Trinajstić information content (AvgIpc) is 2.80. The first kappa shape index (κ1) is 17.0. The molecule has 1 aromatic carbocycles. The lowest BCUT2D eigenvalue weighted by Gasteiger charge is -2.33. The van der Waals surface area contributed by atoms with E-state index in [1.165, 1.54) is 41.4 Å². The van der Waals surface area contributed by atoms with Crippen molar-refractivity contribution in [1.29, 1.82) is 0 Å². The van der Waals surface area contributed by atoms with E-state index in [0.717, 1.165) is 18.7 Å². The molecule has 0 aliphatic carbocycles. The van der Waals surface area contributed by atoms with Crippen LogP contribution in [0.25, 0.3) is 10.9 Å². The van der Waals surface area contributed by atoms with Crippen molar-refractivity contribution in [2.45, 2.75) is 46.1 Å². The summed E-state index contributed by atoms with van der Waals surface area (Å²) in [4.78, 5) is 15.0. The van der Waals surface area contributed by atoms with Gasteiger partial charge in [-0.15, -0.1) is 0 Å². The first-order valence-electron chi connectivity index (χ1n) is 9.07. The molecule has 0 radical (unpaired) electrons. The molecule has 2 heterocycles. The largest absolute Gasteiger partial charge is 0.351 e. The first-order chi connectivity index (χ1) is 11.5. The number of piperidine rings is 1. The molecule has 1 N–H and O–H groups in total. The zero-order valence-electron chi connectivity index (χ0n) is 15.4. The highest BCUT2D eigenvalue weighted by Crippen LogP contribution is 2.25. The van der Waals surface area contributed by atoms with Gasteiger partial charge in [-0.25, -0.2) is 0 Å². The van der Waals surface area contributed by atoms with Crippen molar-refractivity contribution in [3.05, 3.63) is 35.0 Å². The van der Waals surface area contributed by atoms with Crippen molar-refractivity contribution < 1.29 is 4.79 Å². The van der Waals surface area contributed by atoms with Crippen molar-refractivity contribution in [3.63, 3.8) is 0 Å². The van der Waals surface area contributed by atoms with Crippen LogP contribution in [0.2, 0.25) is 0 Å². The SMILES string of the molecule is Cc1c(C)n(C)c2ccc(C(=O)NCCN3CCCCC3C)cc12. The quantitative estimate of drug-likeness (QED) is 0.934. The molecule has 1 saturated heterocycles. The minimum Gasteiger partial charge on any atom is -0.351 e. The molecule has 1 aromatic heterocycles. The third kappa shape index (κ3) is 3.20. The van der Waals surface area contributed by atoms with E-state index in [1.807, 2.05) is 12.1 Å². The molecule has 4 heteroatoms. The van der Waals surface area contributed by atoms with E-state index < -0.39 is 0 Å². The normalized spacial score (nSPS) is 18.9. The van der Waals surface area contributed by atoms with Crippen LogP contribution < -0.4 is 5.32 Å². The van der Waals surface area contributed by atoms with Crippen molar-refractivity contribution in [2.24, 2.45) is 7.05 Å². The van der Waals surface area contributed by atoms with Crippen LogP contribution in [-0.4, -0.2) is 41.1 Å². The molecule has 24 heavy (non-hydrogen) atoms. The van der Waals surface area contributed by atoms with Crippen molar-refractivity contribution in [1.82, 2.24) is 14.8 Å². The van der Waals surface area contributed by atoms with E-state index in [0.29, 0.717) is 12.6 Å². The summed E-state index contributed by atoms with van der Waals surface area (Å²) in [5.74, 6) is 0.0301. The van der Waals surface area contributed by atoms with Gasteiger partial charge in [0.25, 0.3) is 5.91 Å². The number of nitrogens with one attached hydrogen (secondary N) is 1. The van der Waals surface area contributed by atoms with E-state index >= 15 is 0 Å². The molecule has 3 rings (SSSR count). The number of aryl methyl sites for hydroxylation is 2. The summed E-state index contributed by atoms with van der Waals surface area (Å²) in [5, 5.41) is 4.26. The van der Waals surface area contributed by atoms with Gasteiger partial charge in [-0.05, 0) is 63.9 Å². The molecule has 1 unspecified atom stereocenters. The molecule has 2 aromatic rings. The van der Waals surface area contributed by atoms with Gasteiger partial charge in [-0.3, -0.25) is 9.69 Å². The Labute approximate surface area is 144 Å². The Morgan fingerprint density at radius 2 is 2.08 bits per heavy atom. The molecule has 1 aliphatic rings. The second-order valence-corrected chi connectivity index (χ2v) is 7.14. The Kier molecular flexibility index (Phi) is 4.95. The fourth-order valence-electron chi connectivity index (χ4n) is 3.80. The molecule has 1 aliphatic heterocycles. The number of rotatable bonds is 4. The van der Waals surface area contributed by atoms with Gasteiger partial charge in [0, 0.05) is 48.3 Å². The zero-order valence-corrected chi connectivity index (χ0v) is 15.4. The van der Waals surface area contributed by atoms with Gasteiger partial charge in [0.15, 0.2) is 0 Å². The minimum atomic E-state index is 0.0301. The lowest BCUT2D eigenvalue weighted by atomic mass is 10.0. The lowest BCUT2D eigenvalue weighted by molar-refractivity contribution is 0.0938. The highest BCUT2D eigenvalue weighted by Gasteiger charge is 2.18. The number of nitrogens with zero attached hydrogens (tertiary/aromatic N) is 2. The average molecular weight is 327 g/mol. The van der Waals surface area contributed by atoms with Gasteiger partial charge in [0.1, 0.15) is 0 Å². The van der Waals surface area contributed by atoms with Gasteiger partial charge in [0.05, 0.1) is 0 Å². The van der Waals surface area contributed by atoms with Gasteiger partial charge in [-0.2, -0.15) is 0 Å². The van der Waals surface area contributed by atoms with Crippen LogP contribution in [0.3, 0.4) is 0 Å². The summed E-state index contributed by atoms with van der Waals surface area (Å²) in [5.41, 5.74) is 4.44. The van der Waals surface area contributed by atoms with E-state index in [1.54, 1.807) is 0 Å². The number of benzene rings is 1. The Morgan fingerprint density at radius 3 is 2.83 bits per heavy atom. The lowest BCUT2D eigenvalue weighted by Crippen LogP contribution is -2.42. The summed E-state index contributed by atoms with van der Waals surface area (Å²) < 4.78 is 2.18. The number of hydrogen-bond acceptors (Lipinski definition) is 2. The van der Waals surface area contributed by atoms with Crippen molar-refractivity contribution >= 4 is 16.8 Å². The van der Waals surface area contributed by atoms with E-state index in [-0.39, 0.29) is 5.91 Å². The van der Waals surface area contributed by atoms with Crippen molar-refractivity contribution in [2.75, 3.05) is 19.6 Å². The number of aromatic nitrogens is 1. The van der Waals surface area contributed by atoms with Crippen LogP contribution in [0.5, 0.6) is 0 Å². The number of carbonyl (C=O) groups is 1. The number of fused-ring (bicyclic) bond motifs is 1. The van der Waals surface area contributed by atoms with Gasteiger partial charge in [-0.1, -0.05) is 6.42 Å². The summed E-state index contributed by atoms with van der Waals surface area (Å²) in [6, 6.07) is 6.65. The molecule has 0 bridgehead atoms. The molecule has 1 amide bonds. The predicted molar refractivity (Wildman–Crippen MR) is 99.6 cm³/mol. The maximum absolute atomic E-state index is 12.5. The van der Waals surface area contributed by atoms with Gasteiger partial charge in [0.2, 0.25) is 0 Å². The highest BCUT2D eigenvalue weighted by atomic mass is 16.1. The van der Waals surface area contributed by atoms with Crippen LogP contribution in [0.4, 0.5) is 0 Å². The maximum Gasteiger partial charge on any atom is 0.251 e. The summed E-state index contributed by atoms with van der Waals surface area (Å²) >= 11 is 0. The monoisotopic (exact) mass is 327 g/mol. The third-order valence-electron chi connectivity index (χ3n) is 5.70. The summed E-state index contributed by atoms with van der Waals surface area (Å²) in [6.45, 7) is 9.35. The maximum atomic E-state index is 12.5. The van der Waals surface area contributed by atoms with Crippen molar-refractivity contribution in [3.8, 4) is 0 Å². The van der Waals surface area contributed by atoms with Gasteiger partial charge < -0.3 is 9.88 Å². The Morgan fingerprint density at radius 1 is 1.29 bits per heavy atom. The Hall–Kier alpha value is -1.81. The second-order valence-electron chi connectivity index (χ2n) is 7.14. The van der Waals surface area contributed by atoms with Crippen LogP contribution in [0.15, 0.2) is 18.2 Å². The molecular formula is C20H29N3O. The zero-order chi connectivity index (χ0) is 17.3. The smallest absolute Gasteiger partial charge is 0.251 e. The molecule has 130 valence electrons. The molecule has 0 spiro atoms. The predicted octanol–water partition coefficient (Wildman–Crippen LogP) is 3.40. The van der Waals surface area contributed by atoms with Gasteiger partial charge >= 0.3 is 0 Å². The molecule has 4 nitrogen and oxygen atoms in total. The fraction of sp³-hybridized carbons (Fsp3) is 0.550. The number of hydrogen-bond donors (Lipinski definition) is 1. The molecular weight excluding hydrogens is 298 g/mol. The Balaban J connectivity index is 1.64. The topological polar surface area (TPSA) is 37.3 Å². The highest BCUT2D eigenvalue weighted by molar-refractivity contribution is 5.99. The Bertz CT molecular complexity index is 747. The third-order valence-corrected chi connectivity index (χ3v) is 5.70.